The van der Waals surface area contributed by atoms with Crippen LogP contribution in [0, 0.1) is 39.9 Å². The number of carbonyl (C=O) groups is 1. The van der Waals surface area contributed by atoms with Crippen LogP contribution in [0.15, 0.2) is 29.4 Å². The van der Waals surface area contributed by atoms with Crippen LogP contribution in [0.2, 0.25) is 0 Å². The monoisotopic (exact) mass is 379 g/mol. The van der Waals surface area contributed by atoms with Crippen molar-refractivity contribution in [2.45, 2.75) is 38.5 Å². The number of nitrogens with zero attached hydrogens (tertiary/aromatic N) is 2. The molecular formula is C21H25N5O2. The third-order valence-electron chi connectivity index (χ3n) is 6.43. The van der Waals surface area contributed by atoms with Gasteiger partial charge < -0.3 is 10.5 Å². The molecule has 4 aliphatic rings. The van der Waals surface area contributed by atoms with Gasteiger partial charge in [-0.25, -0.2) is 4.79 Å². The van der Waals surface area contributed by atoms with Crippen LogP contribution in [-0.4, -0.2) is 24.1 Å². The number of carbonyl (C=O) groups excluding carboxylic acids is 1. The van der Waals surface area contributed by atoms with Crippen molar-refractivity contribution in [3.05, 3.63) is 29.8 Å². The first kappa shape index (κ1) is 18.5. The smallest absolute Gasteiger partial charge is 0.338 e. The Morgan fingerprint density at radius 3 is 2.50 bits per heavy atom. The molecule has 4 aliphatic carbocycles. The molecule has 4 fully saturated rings. The summed E-state index contributed by atoms with van der Waals surface area (Å²) in [5, 5.41) is 19.9. The van der Waals surface area contributed by atoms with Crippen molar-refractivity contribution >= 4 is 23.2 Å². The molecule has 0 aliphatic heterocycles. The Bertz CT molecular complexity index is 835. The second-order valence-corrected chi connectivity index (χ2v) is 8.67. The molecule has 146 valence electrons. The third kappa shape index (κ3) is 3.72. The van der Waals surface area contributed by atoms with Crippen molar-refractivity contribution in [3.63, 3.8) is 0 Å². The fourth-order valence-corrected chi connectivity index (χ4v) is 5.75. The molecule has 7 nitrogen and oxygen atoms in total. The van der Waals surface area contributed by atoms with Gasteiger partial charge in [0.1, 0.15) is 6.07 Å². The van der Waals surface area contributed by atoms with Gasteiger partial charge in [-0.3, -0.25) is 10.8 Å². The number of hydrogen-bond acceptors (Lipinski definition) is 6. The van der Waals surface area contributed by atoms with Crippen LogP contribution in [0.5, 0.6) is 0 Å². The largest absolute Gasteiger partial charge is 0.462 e. The number of nitrogens with two attached hydrogens (primary N) is 1. The summed E-state index contributed by atoms with van der Waals surface area (Å²) in [6.45, 7) is 0.508. The second-order valence-electron chi connectivity index (χ2n) is 8.67. The van der Waals surface area contributed by atoms with Crippen LogP contribution in [0.25, 0.3) is 0 Å². The minimum atomic E-state index is -0.416. The molecule has 4 bridgehead atoms. The van der Waals surface area contributed by atoms with E-state index in [0.717, 1.165) is 17.8 Å². The van der Waals surface area contributed by atoms with Crippen LogP contribution in [-0.2, 0) is 4.74 Å². The SMILES string of the molecule is N#C/C(=N\Nc1cccc(C(=O)OCC23CC4CC(CC(C4)C2)C3)c1)C(=N)N. The van der Waals surface area contributed by atoms with Crippen molar-refractivity contribution in [2.75, 3.05) is 12.0 Å². The molecule has 1 aromatic carbocycles. The average molecular weight is 379 g/mol. The van der Waals surface area contributed by atoms with Gasteiger partial charge in [-0.1, -0.05) is 6.07 Å². The molecule has 7 heteroatoms. The van der Waals surface area contributed by atoms with Crippen LogP contribution in [0.1, 0.15) is 48.9 Å². The maximum Gasteiger partial charge on any atom is 0.338 e. The second kappa shape index (κ2) is 7.27. The molecule has 0 heterocycles. The zero-order valence-electron chi connectivity index (χ0n) is 15.8. The van der Waals surface area contributed by atoms with E-state index >= 15 is 0 Å². The van der Waals surface area contributed by atoms with E-state index in [1.165, 1.54) is 38.5 Å². The van der Waals surface area contributed by atoms with E-state index in [9.17, 15) is 4.79 Å². The number of nitrogens with one attached hydrogen (secondary N) is 2. The van der Waals surface area contributed by atoms with E-state index < -0.39 is 5.84 Å². The van der Waals surface area contributed by atoms with Gasteiger partial charge in [-0.2, -0.15) is 10.4 Å². The first-order valence-corrected chi connectivity index (χ1v) is 9.82. The Balaban J connectivity index is 1.39. The molecule has 5 rings (SSSR count). The van der Waals surface area contributed by atoms with Crippen molar-refractivity contribution in [1.82, 2.24) is 0 Å². The van der Waals surface area contributed by atoms with Gasteiger partial charge in [0.25, 0.3) is 0 Å². The fraction of sp³-hybridized carbons (Fsp3) is 0.524. The number of hydrazone groups is 1. The van der Waals surface area contributed by atoms with Crippen LogP contribution < -0.4 is 11.2 Å². The number of benzene rings is 1. The first-order chi connectivity index (χ1) is 13.5. The lowest BCUT2D eigenvalue weighted by Gasteiger charge is -2.56. The summed E-state index contributed by atoms with van der Waals surface area (Å²) in [5.41, 5.74) is 8.87. The molecule has 0 spiro atoms. The molecule has 0 aromatic heterocycles. The van der Waals surface area contributed by atoms with Gasteiger partial charge in [0, 0.05) is 5.41 Å². The van der Waals surface area contributed by atoms with Gasteiger partial charge in [0.15, 0.2) is 5.84 Å². The highest BCUT2D eigenvalue weighted by Crippen LogP contribution is 2.60. The lowest BCUT2D eigenvalue weighted by molar-refractivity contribution is -0.0848. The lowest BCUT2D eigenvalue weighted by atomic mass is 9.50. The number of esters is 1. The normalized spacial score (nSPS) is 30.5. The Kier molecular flexibility index (Phi) is 4.80. The summed E-state index contributed by atoms with van der Waals surface area (Å²) in [5.74, 6) is 1.72. The van der Waals surface area contributed by atoms with Crippen molar-refractivity contribution in [1.29, 1.82) is 10.7 Å². The minimum Gasteiger partial charge on any atom is -0.462 e. The summed E-state index contributed by atoms with van der Waals surface area (Å²) >= 11 is 0. The molecule has 0 amide bonds. The van der Waals surface area contributed by atoms with E-state index in [4.69, 9.17) is 21.1 Å². The van der Waals surface area contributed by atoms with Gasteiger partial charge in [-0.05, 0) is 74.5 Å². The molecule has 4 N–H and O–H groups in total. The number of anilines is 1. The van der Waals surface area contributed by atoms with E-state index in [2.05, 4.69) is 10.5 Å². The maximum atomic E-state index is 12.6. The molecule has 0 atom stereocenters. The number of amidine groups is 1. The topological polar surface area (TPSA) is 124 Å². The minimum absolute atomic E-state index is 0.188. The van der Waals surface area contributed by atoms with Crippen molar-refractivity contribution in [3.8, 4) is 6.07 Å². The van der Waals surface area contributed by atoms with E-state index in [1.807, 2.05) is 0 Å². The van der Waals surface area contributed by atoms with Crippen LogP contribution in [0.4, 0.5) is 5.69 Å². The number of hydrogen-bond donors (Lipinski definition) is 3. The Labute approximate surface area is 164 Å². The Morgan fingerprint density at radius 1 is 1.29 bits per heavy atom. The molecule has 0 unspecified atom stereocenters. The zero-order chi connectivity index (χ0) is 19.7. The van der Waals surface area contributed by atoms with Gasteiger partial charge in [0.05, 0.1) is 17.9 Å². The van der Waals surface area contributed by atoms with Crippen LogP contribution in [0.3, 0.4) is 0 Å². The molecule has 0 saturated heterocycles. The summed E-state index contributed by atoms with van der Waals surface area (Å²) in [6.07, 6.45) is 7.70. The summed E-state index contributed by atoms with van der Waals surface area (Å²) in [4.78, 5) is 12.6. The predicted octanol–water partition coefficient (Wildman–Crippen LogP) is 3.29. The first-order valence-electron chi connectivity index (χ1n) is 9.82. The third-order valence-corrected chi connectivity index (χ3v) is 6.43. The van der Waals surface area contributed by atoms with E-state index in [1.54, 1.807) is 30.3 Å². The average Bonchev–Trinajstić information content (AvgIpc) is 2.65. The van der Waals surface area contributed by atoms with Gasteiger partial charge in [-0.15, -0.1) is 0 Å². The highest BCUT2D eigenvalue weighted by atomic mass is 16.5. The lowest BCUT2D eigenvalue weighted by Crippen LogP contribution is -2.48. The quantitative estimate of drug-likeness (QED) is 0.303. The maximum absolute atomic E-state index is 12.6. The predicted molar refractivity (Wildman–Crippen MR) is 106 cm³/mol. The number of nitriles is 1. The van der Waals surface area contributed by atoms with E-state index in [-0.39, 0.29) is 17.1 Å². The number of rotatable bonds is 6. The zero-order valence-corrected chi connectivity index (χ0v) is 15.8. The highest BCUT2D eigenvalue weighted by Gasteiger charge is 2.51. The standard InChI is InChI=1S/C21H25N5O2/c22-11-18(19(23)24)26-25-17-3-1-2-16(7-17)20(27)28-12-21-8-13-4-14(9-21)6-15(5-13)10-21/h1-3,7,13-15,25H,4-6,8-10,12H2,(H3,23,24)/b26-18+. The molecule has 28 heavy (non-hydrogen) atoms. The fourth-order valence-electron chi connectivity index (χ4n) is 5.75. The Hall–Kier alpha value is -2.88. The molecule has 4 saturated carbocycles. The summed E-state index contributed by atoms with van der Waals surface area (Å²) in [6, 6.07) is 8.50. The molecule has 0 radical (unpaired) electrons. The van der Waals surface area contributed by atoms with E-state index in [0.29, 0.717) is 17.9 Å². The summed E-state index contributed by atoms with van der Waals surface area (Å²) < 4.78 is 5.74. The molecule has 1 aromatic rings. The van der Waals surface area contributed by atoms with Crippen LogP contribution >= 0.6 is 0 Å². The Morgan fingerprint density at radius 2 is 1.93 bits per heavy atom. The van der Waals surface area contributed by atoms with Crippen molar-refractivity contribution in [2.24, 2.45) is 34.0 Å². The highest BCUT2D eigenvalue weighted by molar-refractivity contribution is 6.45. The van der Waals surface area contributed by atoms with Crippen molar-refractivity contribution < 1.29 is 9.53 Å². The van der Waals surface area contributed by atoms with Gasteiger partial charge in [0.2, 0.25) is 5.71 Å². The summed E-state index contributed by atoms with van der Waals surface area (Å²) in [7, 11) is 0. The molecular weight excluding hydrogens is 354 g/mol. The van der Waals surface area contributed by atoms with Gasteiger partial charge >= 0.3 is 5.97 Å². The number of ether oxygens (including phenoxy) is 1.